The minimum Gasteiger partial charge on any atom is -0.396 e. The summed E-state index contributed by atoms with van der Waals surface area (Å²) in [5.41, 5.74) is 5.51. The van der Waals surface area contributed by atoms with Crippen LogP contribution < -0.4 is 5.73 Å². The van der Waals surface area contributed by atoms with Gasteiger partial charge in [-0.2, -0.15) is 0 Å². The Morgan fingerprint density at radius 1 is 1.67 bits per heavy atom. The van der Waals surface area contributed by atoms with Gasteiger partial charge < -0.3 is 15.3 Å². The van der Waals surface area contributed by atoms with Gasteiger partial charge in [0.1, 0.15) is 18.2 Å². The highest BCUT2D eigenvalue weighted by Gasteiger charge is 2.07. The van der Waals surface area contributed by atoms with Crippen LogP contribution in [0.4, 0.5) is 10.1 Å². The first-order valence-corrected chi connectivity index (χ1v) is 5.32. The van der Waals surface area contributed by atoms with Crippen LogP contribution in [-0.2, 0) is 9.53 Å². The molecule has 3 nitrogen and oxygen atoms in total. The summed E-state index contributed by atoms with van der Waals surface area (Å²) in [6, 6.07) is 4.46. The van der Waals surface area contributed by atoms with E-state index in [0.717, 1.165) is 11.2 Å². The van der Waals surface area contributed by atoms with Gasteiger partial charge in [0.25, 0.3) is 0 Å². The average molecular weight is 229 g/mol. The molecule has 0 aliphatic heterocycles. The molecule has 0 fully saturated rings. The summed E-state index contributed by atoms with van der Waals surface area (Å²) in [5, 5.41) is 0. The van der Waals surface area contributed by atoms with Gasteiger partial charge in [-0.3, -0.25) is 0 Å². The quantitative estimate of drug-likeness (QED) is 0.474. The number of hydrogen-bond acceptors (Lipinski definition) is 4. The Morgan fingerprint density at radius 2 is 2.40 bits per heavy atom. The lowest BCUT2D eigenvalue weighted by Gasteiger charge is -2.07. The van der Waals surface area contributed by atoms with Gasteiger partial charge in [-0.15, -0.1) is 11.8 Å². The first-order valence-electron chi connectivity index (χ1n) is 4.33. The number of aldehydes is 1. The summed E-state index contributed by atoms with van der Waals surface area (Å²) >= 11 is 1.40. The van der Waals surface area contributed by atoms with E-state index in [-0.39, 0.29) is 5.69 Å². The Labute approximate surface area is 91.8 Å². The zero-order valence-electron chi connectivity index (χ0n) is 8.27. The van der Waals surface area contributed by atoms with E-state index in [1.165, 1.54) is 31.0 Å². The van der Waals surface area contributed by atoms with Gasteiger partial charge >= 0.3 is 0 Å². The number of nitrogen functional groups attached to an aromatic ring is 1. The van der Waals surface area contributed by atoms with Crippen LogP contribution >= 0.6 is 11.8 Å². The molecular weight excluding hydrogens is 217 g/mol. The third-order valence-electron chi connectivity index (χ3n) is 1.84. The molecule has 0 aromatic heterocycles. The average Bonchev–Trinajstić information content (AvgIpc) is 2.24. The lowest BCUT2D eigenvalue weighted by atomic mass is 10.3. The zero-order chi connectivity index (χ0) is 11.3. The van der Waals surface area contributed by atoms with Crippen molar-refractivity contribution >= 4 is 23.7 Å². The number of benzene rings is 1. The number of ether oxygens (including phenoxy) is 1. The van der Waals surface area contributed by atoms with Crippen molar-refractivity contribution < 1.29 is 13.9 Å². The molecule has 0 radical (unpaired) electrons. The van der Waals surface area contributed by atoms with Crippen LogP contribution in [0.2, 0.25) is 0 Å². The van der Waals surface area contributed by atoms with E-state index < -0.39 is 11.9 Å². The number of rotatable bonds is 5. The maximum atomic E-state index is 12.8. The zero-order valence-corrected chi connectivity index (χ0v) is 9.09. The first kappa shape index (κ1) is 12.0. The van der Waals surface area contributed by atoms with E-state index in [1.807, 2.05) is 0 Å². The molecule has 0 saturated heterocycles. The Hall–Kier alpha value is -1.07. The Kier molecular flexibility index (Phi) is 4.58. The van der Waals surface area contributed by atoms with Crippen molar-refractivity contribution in [3.8, 4) is 0 Å². The molecular formula is C10H12FNO2S. The number of thioether (sulfide) groups is 1. The van der Waals surface area contributed by atoms with Crippen LogP contribution in [0, 0.1) is 5.82 Å². The van der Waals surface area contributed by atoms with Crippen molar-refractivity contribution in [2.45, 2.75) is 11.0 Å². The second-order valence-corrected chi connectivity index (χ2v) is 4.00. The minimum absolute atomic E-state index is 0.111. The minimum atomic E-state index is -0.443. The van der Waals surface area contributed by atoms with Crippen molar-refractivity contribution in [1.29, 1.82) is 0 Å². The molecule has 0 spiro atoms. The second-order valence-electron chi connectivity index (χ2n) is 2.90. The number of anilines is 1. The highest BCUT2D eigenvalue weighted by Crippen LogP contribution is 2.23. The summed E-state index contributed by atoms with van der Waals surface area (Å²) in [7, 11) is 1.47. The lowest BCUT2D eigenvalue weighted by molar-refractivity contribution is -0.115. The van der Waals surface area contributed by atoms with Crippen molar-refractivity contribution in [2.75, 3.05) is 18.6 Å². The van der Waals surface area contributed by atoms with E-state index in [1.54, 1.807) is 6.07 Å². The lowest BCUT2D eigenvalue weighted by Crippen LogP contribution is -2.14. The SMILES string of the molecule is COC(C=O)CSc1ccc(F)c(N)c1. The van der Waals surface area contributed by atoms with Gasteiger partial charge in [0.15, 0.2) is 0 Å². The summed E-state index contributed by atoms with van der Waals surface area (Å²) in [5.74, 6) is 0.0588. The molecule has 1 aromatic carbocycles. The number of carbonyl (C=O) groups excluding carboxylic acids is 1. The van der Waals surface area contributed by atoms with Crippen LogP contribution in [0.1, 0.15) is 0 Å². The van der Waals surface area contributed by atoms with Crippen LogP contribution in [0.3, 0.4) is 0 Å². The van der Waals surface area contributed by atoms with Crippen LogP contribution in [0.5, 0.6) is 0 Å². The van der Waals surface area contributed by atoms with E-state index in [9.17, 15) is 9.18 Å². The molecule has 5 heteroatoms. The van der Waals surface area contributed by atoms with Gasteiger partial charge in [-0.25, -0.2) is 4.39 Å². The summed E-state index contributed by atoms with van der Waals surface area (Å²) in [6.07, 6.45) is 0.293. The fourth-order valence-corrected chi connectivity index (χ4v) is 1.90. The maximum Gasteiger partial charge on any atom is 0.149 e. The Bertz CT molecular complexity index is 346. The van der Waals surface area contributed by atoms with Crippen molar-refractivity contribution in [1.82, 2.24) is 0 Å². The molecule has 0 amide bonds. The Balaban J connectivity index is 2.57. The molecule has 0 aliphatic rings. The molecule has 15 heavy (non-hydrogen) atoms. The number of methoxy groups -OCH3 is 1. The van der Waals surface area contributed by atoms with Crippen molar-refractivity contribution in [2.24, 2.45) is 0 Å². The fraction of sp³-hybridized carbons (Fsp3) is 0.300. The van der Waals surface area contributed by atoms with Crippen LogP contribution in [-0.4, -0.2) is 25.3 Å². The normalized spacial score (nSPS) is 12.4. The van der Waals surface area contributed by atoms with E-state index in [4.69, 9.17) is 10.5 Å². The van der Waals surface area contributed by atoms with Crippen molar-refractivity contribution in [3.05, 3.63) is 24.0 Å². The van der Waals surface area contributed by atoms with Crippen LogP contribution in [0.15, 0.2) is 23.1 Å². The van der Waals surface area contributed by atoms with Gasteiger partial charge in [0.05, 0.1) is 5.69 Å². The summed E-state index contributed by atoms with van der Waals surface area (Å²) in [4.78, 5) is 11.3. The predicted octanol–water partition coefficient (Wildman–Crippen LogP) is 1.71. The smallest absolute Gasteiger partial charge is 0.149 e. The van der Waals surface area contributed by atoms with Gasteiger partial charge in [-0.1, -0.05) is 0 Å². The highest BCUT2D eigenvalue weighted by molar-refractivity contribution is 7.99. The summed E-state index contributed by atoms with van der Waals surface area (Å²) < 4.78 is 17.7. The summed E-state index contributed by atoms with van der Waals surface area (Å²) in [6.45, 7) is 0. The van der Waals surface area contributed by atoms with Gasteiger partial charge in [-0.05, 0) is 18.2 Å². The number of carbonyl (C=O) groups is 1. The molecule has 1 unspecified atom stereocenters. The third-order valence-corrected chi connectivity index (χ3v) is 2.92. The number of halogens is 1. The largest absolute Gasteiger partial charge is 0.396 e. The molecule has 82 valence electrons. The standard InChI is InChI=1S/C10H12FNO2S/c1-14-7(5-13)6-15-8-2-3-9(11)10(12)4-8/h2-5,7H,6,12H2,1H3. The van der Waals surface area contributed by atoms with E-state index >= 15 is 0 Å². The fourth-order valence-electron chi connectivity index (χ4n) is 0.953. The molecule has 0 bridgehead atoms. The van der Waals surface area contributed by atoms with Gasteiger partial charge in [0.2, 0.25) is 0 Å². The van der Waals surface area contributed by atoms with Crippen LogP contribution in [0.25, 0.3) is 0 Å². The molecule has 0 heterocycles. The first-order chi connectivity index (χ1) is 7.17. The van der Waals surface area contributed by atoms with Crippen molar-refractivity contribution in [3.63, 3.8) is 0 Å². The molecule has 2 N–H and O–H groups in total. The maximum absolute atomic E-state index is 12.8. The third kappa shape index (κ3) is 3.53. The van der Waals surface area contributed by atoms with Gasteiger partial charge in [0, 0.05) is 17.8 Å². The molecule has 1 atom stereocenters. The second kappa shape index (κ2) is 5.72. The predicted molar refractivity (Wildman–Crippen MR) is 58.4 cm³/mol. The molecule has 0 saturated carbocycles. The Morgan fingerprint density at radius 3 is 2.93 bits per heavy atom. The molecule has 1 aromatic rings. The van der Waals surface area contributed by atoms with E-state index in [0.29, 0.717) is 5.75 Å². The molecule has 1 rings (SSSR count). The number of hydrogen-bond donors (Lipinski definition) is 1. The van der Waals surface area contributed by atoms with E-state index in [2.05, 4.69) is 0 Å². The molecule has 0 aliphatic carbocycles. The monoisotopic (exact) mass is 229 g/mol. The highest BCUT2D eigenvalue weighted by atomic mass is 32.2. The topological polar surface area (TPSA) is 52.3 Å². The number of nitrogens with two attached hydrogens (primary N) is 1.